The topological polar surface area (TPSA) is 118 Å². The van der Waals surface area contributed by atoms with Gasteiger partial charge in [0.2, 0.25) is 5.13 Å². The van der Waals surface area contributed by atoms with Crippen molar-refractivity contribution in [2.45, 2.75) is 46.3 Å². The van der Waals surface area contributed by atoms with E-state index in [0.29, 0.717) is 11.0 Å². The highest BCUT2D eigenvalue weighted by molar-refractivity contribution is 7.10. The number of H-pyrrole nitrogens is 1. The van der Waals surface area contributed by atoms with Gasteiger partial charge < -0.3 is 15.0 Å². The molecule has 0 aliphatic heterocycles. The minimum Gasteiger partial charge on any atom is -0.444 e. The summed E-state index contributed by atoms with van der Waals surface area (Å²) in [6.07, 6.45) is 4.81. The number of nitrogens with zero attached hydrogens (tertiary/aromatic N) is 4. The number of hydrogen-bond donors (Lipinski definition) is 3. The molecule has 0 fully saturated rings. The van der Waals surface area contributed by atoms with E-state index in [1.54, 1.807) is 33.2 Å². The molecule has 0 saturated carbocycles. The van der Waals surface area contributed by atoms with Crippen molar-refractivity contribution in [3.05, 3.63) is 36.8 Å². The van der Waals surface area contributed by atoms with Gasteiger partial charge in [0, 0.05) is 45.8 Å². The maximum absolute atomic E-state index is 12.0. The van der Waals surface area contributed by atoms with Crippen LogP contribution >= 0.6 is 11.5 Å². The highest BCUT2D eigenvalue weighted by atomic mass is 32.1. The Labute approximate surface area is 189 Å². The second-order valence-corrected chi connectivity index (χ2v) is 9.35. The molecule has 10 heteroatoms. The van der Waals surface area contributed by atoms with Gasteiger partial charge in [0.25, 0.3) is 0 Å². The molecule has 9 nitrogen and oxygen atoms in total. The molecule has 0 spiro atoms. The lowest BCUT2D eigenvalue weighted by molar-refractivity contribution is 0.0636. The number of amides is 1. The summed E-state index contributed by atoms with van der Waals surface area (Å²) >= 11 is 1.10. The average molecular weight is 452 g/mol. The highest BCUT2D eigenvalue weighted by Crippen LogP contribution is 2.31. The fraction of sp³-hybridized carbons (Fsp3) is 0.318. The van der Waals surface area contributed by atoms with E-state index >= 15 is 0 Å². The summed E-state index contributed by atoms with van der Waals surface area (Å²) in [5.74, 6) is 1.25. The minimum atomic E-state index is -0.585. The van der Waals surface area contributed by atoms with Crippen LogP contribution < -0.4 is 10.6 Å². The van der Waals surface area contributed by atoms with E-state index in [1.165, 1.54) is 0 Å². The Morgan fingerprint density at radius 3 is 2.75 bits per heavy atom. The van der Waals surface area contributed by atoms with Gasteiger partial charge in [-0.1, -0.05) is 0 Å². The minimum absolute atomic E-state index is 0.258. The summed E-state index contributed by atoms with van der Waals surface area (Å²) in [4.78, 5) is 28.7. The smallest absolute Gasteiger partial charge is 0.414 e. The second kappa shape index (κ2) is 8.54. The Morgan fingerprint density at radius 2 is 2.00 bits per heavy atom. The van der Waals surface area contributed by atoms with Crippen molar-refractivity contribution in [2.75, 3.05) is 10.6 Å². The molecular weight excluding hydrogens is 426 g/mol. The van der Waals surface area contributed by atoms with Gasteiger partial charge in [0.1, 0.15) is 11.4 Å². The zero-order valence-electron chi connectivity index (χ0n) is 18.6. The Balaban J connectivity index is 1.61. The van der Waals surface area contributed by atoms with Crippen LogP contribution in [0.1, 0.15) is 34.6 Å². The van der Waals surface area contributed by atoms with Crippen LogP contribution in [0.4, 0.5) is 15.7 Å². The number of aromatic amines is 1. The average Bonchev–Trinajstić information content (AvgIpc) is 3.32. The fourth-order valence-corrected chi connectivity index (χ4v) is 3.69. The number of fused-ring (bicyclic) bond motifs is 1. The van der Waals surface area contributed by atoms with Crippen molar-refractivity contribution in [1.29, 1.82) is 0 Å². The normalized spacial score (nSPS) is 11.7. The molecule has 32 heavy (non-hydrogen) atoms. The van der Waals surface area contributed by atoms with Crippen LogP contribution in [0.2, 0.25) is 0 Å². The summed E-state index contributed by atoms with van der Waals surface area (Å²) in [7, 11) is 0. The second-order valence-electron chi connectivity index (χ2n) is 8.60. The maximum atomic E-state index is 12.0. The first-order valence-corrected chi connectivity index (χ1v) is 11.0. The molecule has 4 aromatic rings. The number of nitrogens with one attached hydrogen (secondary N) is 3. The fourth-order valence-electron chi connectivity index (χ4n) is 3.12. The van der Waals surface area contributed by atoms with Crippen LogP contribution in [0.15, 0.2) is 36.8 Å². The maximum Gasteiger partial charge on any atom is 0.414 e. The largest absolute Gasteiger partial charge is 0.444 e. The summed E-state index contributed by atoms with van der Waals surface area (Å²) in [6, 6.07) is 6.17. The lowest BCUT2D eigenvalue weighted by Gasteiger charge is -2.18. The lowest BCUT2D eigenvalue weighted by Crippen LogP contribution is -2.27. The number of benzene rings is 1. The number of ether oxygens (including phenoxy) is 1. The van der Waals surface area contributed by atoms with E-state index in [4.69, 9.17) is 4.74 Å². The van der Waals surface area contributed by atoms with E-state index in [9.17, 15) is 4.79 Å². The SMILES string of the molecule is CC(C)Nc1cncc(-c2c[nH]c3ccc(-c4nsc(NC(=O)OC(C)(C)C)n4)cc23)n1. The van der Waals surface area contributed by atoms with Crippen molar-refractivity contribution in [3.8, 4) is 22.6 Å². The van der Waals surface area contributed by atoms with Crippen LogP contribution in [0.5, 0.6) is 0 Å². The monoisotopic (exact) mass is 451 g/mol. The summed E-state index contributed by atoms with van der Waals surface area (Å²) in [5, 5.41) is 7.27. The molecule has 1 aromatic carbocycles. The van der Waals surface area contributed by atoms with Crippen molar-refractivity contribution in [3.63, 3.8) is 0 Å². The molecule has 0 saturated heterocycles. The molecule has 0 bridgehead atoms. The molecule has 0 aliphatic carbocycles. The van der Waals surface area contributed by atoms with Crippen molar-refractivity contribution >= 4 is 39.5 Å². The molecule has 0 aliphatic rings. The molecule has 3 N–H and O–H groups in total. The van der Waals surface area contributed by atoms with Crippen LogP contribution in [-0.2, 0) is 4.74 Å². The summed E-state index contributed by atoms with van der Waals surface area (Å²) < 4.78 is 9.66. The van der Waals surface area contributed by atoms with Gasteiger partial charge in [0.05, 0.1) is 18.1 Å². The third kappa shape index (κ3) is 5.02. The number of aromatic nitrogens is 5. The Bertz CT molecular complexity index is 1260. The number of rotatable bonds is 5. The molecule has 3 aromatic heterocycles. The molecule has 0 unspecified atom stereocenters. The van der Waals surface area contributed by atoms with Crippen LogP contribution in [0.3, 0.4) is 0 Å². The van der Waals surface area contributed by atoms with Crippen molar-refractivity contribution in [1.82, 2.24) is 24.3 Å². The van der Waals surface area contributed by atoms with E-state index in [2.05, 4.69) is 48.8 Å². The van der Waals surface area contributed by atoms with Gasteiger partial charge in [-0.05, 0) is 52.8 Å². The Kier molecular flexibility index (Phi) is 5.79. The first kappa shape index (κ1) is 21.7. The van der Waals surface area contributed by atoms with Gasteiger partial charge in [-0.15, -0.1) is 0 Å². The van der Waals surface area contributed by atoms with E-state index in [0.717, 1.165) is 45.1 Å². The third-order valence-electron chi connectivity index (χ3n) is 4.32. The zero-order valence-corrected chi connectivity index (χ0v) is 19.4. The van der Waals surface area contributed by atoms with Crippen molar-refractivity contribution in [2.24, 2.45) is 0 Å². The summed E-state index contributed by atoms with van der Waals surface area (Å²) in [5.41, 5.74) is 2.91. The third-order valence-corrected chi connectivity index (χ3v) is 4.95. The van der Waals surface area contributed by atoms with E-state index in [1.807, 2.05) is 24.4 Å². The molecule has 1 amide bonds. The number of hydrogen-bond acceptors (Lipinski definition) is 8. The van der Waals surface area contributed by atoms with Crippen LogP contribution in [0, 0.1) is 0 Å². The first-order valence-electron chi connectivity index (χ1n) is 10.2. The van der Waals surface area contributed by atoms with E-state index in [-0.39, 0.29) is 6.04 Å². The molecule has 166 valence electrons. The number of carbonyl (C=O) groups excluding carboxylic acids is 1. The Hall–Kier alpha value is -3.53. The number of anilines is 2. The van der Waals surface area contributed by atoms with Gasteiger partial charge in [-0.3, -0.25) is 10.3 Å². The predicted octanol–water partition coefficient (Wildman–Crippen LogP) is 5.31. The highest BCUT2D eigenvalue weighted by Gasteiger charge is 2.18. The molecule has 3 heterocycles. The van der Waals surface area contributed by atoms with Gasteiger partial charge >= 0.3 is 6.09 Å². The van der Waals surface area contributed by atoms with E-state index < -0.39 is 11.7 Å². The van der Waals surface area contributed by atoms with Crippen LogP contribution in [0.25, 0.3) is 33.5 Å². The lowest BCUT2D eigenvalue weighted by atomic mass is 10.1. The zero-order chi connectivity index (χ0) is 22.9. The van der Waals surface area contributed by atoms with Gasteiger partial charge in [-0.2, -0.15) is 9.36 Å². The number of carbonyl (C=O) groups is 1. The van der Waals surface area contributed by atoms with Gasteiger partial charge in [-0.25, -0.2) is 9.78 Å². The summed E-state index contributed by atoms with van der Waals surface area (Å²) in [6.45, 7) is 9.53. The Morgan fingerprint density at radius 1 is 1.19 bits per heavy atom. The molecule has 4 rings (SSSR count). The van der Waals surface area contributed by atoms with Crippen LogP contribution in [-0.4, -0.2) is 42.0 Å². The quantitative estimate of drug-likeness (QED) is 0.376. The molecule has 0 atom stereocenters. The first-order chi connectivity index (χ1) is 15.2. The predicted molar refractivity (Wildman–Crippen MR) is 127 cm³/mol. The van der Waals surface area contributed by atoms with Crippen molar-refractivity contribution < 1.29 is 9.53 Å². The molecule has 0 radical (unpaired) electrons. The molecular formula is C22H25N7O2S. The standard InChI is InChI=1S/C22H25N7O2S/c1-12(2)25-18-11-23-10-17(26-18)15-9-24-16-7-6-13(8-14(15)16)19-27-20(32-29-19)28-21(30)31-22(3,4)5/h6-12,24H,1-5H3,(H,25,26)(H,27,28,29,30). The van der Waals surface area contributed by atoms with Gasteiger partial charge in [0.15, 0.2) is 5.82 Å².